The fraction of sp³-hybridized carbons (Fsp3) is 0.294. The number of ether oxygens (including phenoxy) is 4. The molecule has 0 saturated carbocycles. The molecule has 130 valence electrons. The third kappa shape index (κ3) is 2.32. The second-order valence-electron chi connectivity index (χ2n) is 6.08. The molecule has 0 amide bonds. The lowest BCUT2D eigenvalue weighted by Crippen LogP contribution is -2.35. The summed E-state index contributed by atoms with van der Waals surface area (Å²) in [7, 11) is -3.61. The lowest BCUT2D eigenvalue weighted by Gasteiger charge is -2.28. The standard InChI is InChI=1S/C17H15NO6S/c19-25(20,13-1-2-14-17(7-13)24-9-21-14)18-4-3-11-5-15-16(23-10-22-15)6-12(11)8-18/h1-2,5-7H,3-4,8-10H2. The zero-order valence-electron chi connectivity index (χ0n) is 13.2. The van der Waals surface area contributed by atoms with Crippen molar-refractivity contribution in [2.45, 2.75) is 17.9 Å². The molecule has 0 unspecified atom stereocenters. The summed E-state index contributed by atoms with van der Waals surface area (Å²) >= 11 is 0. The van der Waals surface area contributed by atoms with Crippen molar-refractivity contribution in [1.29, 1.82) is 0 Å². The molecule has 0 spiro atoms. The maximum atomic E-state index is 13.0. The quantitative estimate of drug-likeness (QED) is 0.813. The molecule has 0 aromatic heterocycles. The van der Waals surface area contributed by atoms with Gasteiger partial charge in [-0.1, -0.05) is 0 Å². The molecule has 0 fully saturated rings. The number of hydrogen-bond donors (Lipinski definition) is 0. The summed E-state index contributed by atoms with van der Waals surface area (Å²) in [6.07, 6.45) is 0.635. The van der Waals surface area contributed by atoms with E-state index in [0.29, 0.717) is 36.8 Å². The van der Waals surface area contributed by atoms with Crippen LogP contribution in [0.5, 0.6) is 23.0 Å². The lowest BCUT2D eigenvalue weighted by atomic mass is 10.0. The Kier molecular flexibility index (Phi) is 3.13. The van der Waals surface area contributed by atoms with Crippen molar-refractivity contribution in [1.82, 2.24) is 4.31 Å². The van der Waals surface area contributed by atoms with Crippen LogP contribution in [0.25, 0.3) is 0 Å². The minimum atomic E-state index is -3.61. The molecule has 3 heterocycles. The van der Waals surface area contributed by atoms with Gasteiger partial charge in [-0.3, -0.25) is 0 Å². The van der Waals surface area contributed by atoms with Gasteiger partial charge in [0.15, 0.2) is 23.0 Å². The minimum absolute atomic E-state index is 0.114. The normalized spacial score (nSPS) is 18.2. The van der Waals surface area contributed by atoms with Crippen LogP contribution < -0.4 is 18.9 Å². The Balaban J connectivity index is 1.47. The van der Waals surface area contributed by atoms with Crippen molar-refractivity contribution in [3.05, 3.63) is 41.5 Å². The highest BCUT2D eigenvalue weighted by molar-refractivity contribution is 7.89. The first-order valence-corrected chi connectivity index (χ1v) is 9.36. The molecule has 2 aromatic rings. The van der Waals surface area contributed by atoms with Crippen LogP contribution in [0.15, 0.2) is 35.2 Å². The van der Waals surface area contributed by atoms with Crippen molar-refractivity contribution < 1.29 is 27.4 Å². The molecule has 25 heavy (non-hydrogen) atoms. The molecule has 0 N–H and O–H groups in total. The first-order chi connectivity index (χ1) is 12.1. The molecule has 5 rings (SSSR count). The van der Waals surface area contributed by atoms with Gasteiger partial charge in [-0.15, -0.1) is 0 Å². The number of nitrogens with zero attached hydrogens (tertiary/aromatic N) is 1. The molecule has 7 nitrogen and oxygen atoms in total. The van der Waals surface area contributed by atoms with Gasteiger partial charge in [0, 0.05) is 19.2 Å². The van der Waals surface area contributed by atoms with E-state index in [1.54, 1.807) is 12.1 Å². The summed E-state index contributed by atoms with van der Waals surface area (Å²) in [5.74, 6) is 2.42. The van der Waals surface area contributed by atoms with E-state index >= 15 is 0 Å². The van der Waals surface area contributed by atoms with Gasteiger partial charge in [0.25, 0.3) is 0 Å². The number of hydrogen-bond acceptors (Lipinski definition) is 6. The zero-order chi connectivity index (χ0) is 17.0. The number of benzene rings is 2. The Labute approximate surface area is 144 Å². The van der Waals surface area contributed by atoms with Gasteiger partial charge in [-0.05, 0) is 41.8 Å². The Morgan fingerprint density at radius 2 is 1.44 bits per heavy atom. The Morgan fingerprint density at radius 3 is 2.20 bits per heavy atom. The van der Waals surface area contributed by atoms with Crippen LogP contribution in [-0.2, 0) is 23.0 Å². The van der Waals surface area contributed by atoms with E-state index in [1.807, 2.05) is 12.1 Å². The summed E-state index contributed by atoms with van der Waals surface area (Å²) < 4.78 is 48.8. The summed E-state index contributed by atoms with van der Waals surface area (Å²) in [6.45, 7) is 1.05. The van der Waals surface area contributed by atoms with E-state index in [0.717, 1.165) is 16.9 Å². The van der Waals surface area contributed by atoms with Gasteiger partial charge >= 0.3 is 0 Å². The van der Waals surface area contributed by atoms with E-state index in [9.17, 15) is 8.42 Å². The summed E-state index contributed by atoms with van der Waals surface area (Å²) in [6, 6.07) is 8.52. The van der Waals surface area contributed by atoms with Gasteiger partial charge in [0.2, 0.25) is 23.6 Å². The Morgan fingerprint density at radius 1 is 0.800 bits per heavy atom. The van der Waals surface area contributed by atoms with Gasteiger partial charge in [-0.2, -0.15) is 4.31 Å². The van der Waals surface area contributed by atoms with Crippen molar-refractivity contribution in [3.8, 4) is 23.0 Å². The first-order valence-electron chi connectivity index (χ1n) is 7.92. The van der Waals surface area contributed by atoms with Crippen LogP contribution in [0.1, 0.15) is 11.1 Å². The molecule has 3 aliphatic heterocycles. The van der Waals surface area contributed by atoms with Gasteiger partial charge in [0.05, 0.1) is 4.90 Å². The predicted octanol–water partition coefficient (Wildman–Crippen LogP) is 1.89. The average Bonchev–Trinajstić information content (AvgIpc) is 3.26. The van der Waals surface area contributed by atoms with Crippen LogP contribution in [0.2, 0.25) is 0 Å². The van der Waals surface area contributed by atoms with Crippen molar-refractivity contribution >= 4 is 10.0 Å². The van der Waals surface area contributed by atoms with E-state index in [-0.39, 0.29) is 18.5 Å². The smallest absolute Gasteiger partial charge is 0.243 e. The molecule has 2 aromatic carbocycles. The molecule has 8 heteroatoms. The largest absolute Gasteiger partial charge is 0.454 e. The minimum Gasteiger partial charge on any atom is -0.454 e. The Bertz CT molecular complexity index is 971. The van der Waals surface area contributed by atoms with Crippen LogP contribution >= 0.6 is 0 Å². The van der Waals surface area contributed by atoms with Gasteiger partial charge < -0.3 is 18.9 Å². The lowest BCUT2D eigenvalue weighted by molar-refractivity contribution is 0.173. The molecule has 0 bridgehead atoms. The molecule has 3 aliphatic rings. The summed E-state index contributed by atoms with van der Waals surface area (Å²) in [5, 5.41) is 0. The third-order valence-electron chi connectivity index (χ3n) is 4.65. The number of fused-ring (bicyclic) bond motifs is 3. The molecule has 0 saturated heterocycles. The van der Waals surface area contributed by atoms with E-state index in [1.165, 1.54) is 10.4 Å². The van der Waals surface area contributed by atoms with Crippen molar-refractivity contribution in [3.63, 3.8) is 0 Å². The first kappa shape index (κ1) is 14.9. The second kappa shape index (κ2) is 5.27. The topological polar surface area (TPSA) is 74.3 Å². The summed E-state index contributed by atoms with van der Waals surface area (Å²) in [4.78, 5) is 0.209. The van der Waals surface area contributed by atoms with E-state index in [4.69, 9.17) is 18.9 Å². The molecular weight excluding hydrogens is 346 g/mol. The highest BCUT2D eigenvalue weighted by Crippen LogP contribution is 2.39. The van der Waals surface area contributed by atoms with Crippen LogP contribution in [0, 0.1) is 0 Å². The molecule has 0 atom stereocenters. The maximum Gasteiger partial charge on any atom is 0.243 e. The summed E-state index contributed by atoms with van der Waals surface area (Å²) in [5.41, 5.74) is 2.04. The maximum absolute atomic E-state index is 13.0. The SMILES string of the molecule is O=S(=O)(c1ccc2c(c1)OCO2)N1CCc2cc3c(cc2C1)OCO3. The Hall–Kier alpha value is -2.45. The number of rotatable bonds is 2. The van der Waals surface area contributed by atoms with Crippen molar-refractivity contribution in [2.24, 2.45) is 0 Å². The molecule has 0 radical (unpaired) electrons. The fourth-order valence-electron chi connectivity index (χ4n) is 3.31. The van der Waals surface area contributed by atoms with Crippen LogP contribution in [0.4, 0.5) is 0 Å². The monoisotopic (exact) mass is 361 g/mol. The highest BCUT2D eigenvalue weighted by atomic mass is 32.2. The van der Waals surface area contributed by atoms with Crippen LogP contribution in [0.3, 0.4) is 0 Å². The van der Waals surface area contributed by atoms with Gasteiger partial charge in [0.1, 0.15) is 0 Å². The molecule has 0 aliphatic carbocycles. The van der Waals surface area contributed by atoms with Gasteiger partial charge in [-0.25, -0.2) is 8.42 Å². The van der Waals surface area contributed by atoms with E-state index < -0.39 is 10.0 Å². The fourth-order valence-corrected chi connectivity index (χ4v) is 4.75. The second-order valence-corrected chi connectivity index (χ2v) is 8.02. The molecular formula is C17H15NO6S. The zero-order valence-corrected chi connectivity index (χ0v) is 14.0. The van der Waals surface area contributed by atoms with E-state index in [2.05, 4.69) is 0 Å². The highest BCUT2D eigenvalue weighted by Gasteiger charge is 2.31. The predicted molar refractivity (Wildman–Crippen MR) is 86.4 cm³/mol. The van der Waals surface area contributed by atoms with Crippen LogP contribution in [-0.4, -0.2) is 32.9 Å². The van der Waals surface area contributed by atoms with Crippen molar-refractivity contribution in [2.75, 3.05) is 20.1 Å². The third-order valence-corrected chi connectivity index (χ3v) is 6.50. The average molecular weight is 361 g/mol. The number of sulfonamides is 1.